The summed E-state index contributed by atoms with van der Waals surface area (Å²) in [6, 6.07) is 13.3. The molecule has 0 atom stereocenters. The number of ether oxygens (including phenoxy) is 2. The average Bonchev–Trinajstić information content (AvgIpc) is 3.05. The van der Waals surface area contributed by atoms with Crippen molar-refractivity contribution in [2.45, 2.75) is 13.5 Å². The molecular formula is C21H25N3O3S. The van der Waals surface area contributed by atoms with E-state index in [1.54, 1.807) is 19.2 Å². The lowest BCUT2D eigenvalue weighted by Gasteiger charge is -2.11. The number of amides is 1. The molecule has 0 N–H and O–H groups in total. The summed E-state index contributed by atoms with van der Waals surface area (Å²) < 4.78 is 14.1. The molecule has 1 amide bonds. The number of para-hydroxylation sites is 1. The molecule has 0 bridgehead atoms. The van der Waals surface area contributed by atoms with E-state index in [4.69, 9.17) is 9.47 Å². The molecule has 0 spiro atoms. The van der Waals surface area contributed by atoms with E-state index in [0.29, 0.717) is 30.1 Å². The van der Waals surface area contributed by atoms with E-state index in [1.807, 2.05) is 60.8 Å². The molecule has 0 saturated carbocycles. The fourth-order valence-electron chi connectivity index (χ4n) is 2.91. The Morgan fingerprint density at radius 2 is 1.93 bits per heavy atom. The van der Waals surface area contributed by atoms with Gasteiger partial charge in [0.15, 0.2) is 4.80 Å². The summed E-state index contributed by atoms with van der Waals surface area (Å²) in [7, 11) is 5.58. The Balaban J connectivity index is 2.04. The summed E-state index contributed by atoms with van der Waals surface area (Å²) in [4.78, 5) is 19.8. The van der Waals surface area contributed by atoms with Gasteiger partial charge in [-0.1, -0.05) is 17.4 Å². The van der Waals surface area contributed by atoms with Crippen LogP contribution < -0.4 is 14.4 Å². The van der Waals surface area contributed by atoms with E-state index >= 15 is 0 Å². The van der Waals surface area contributed by atoms with Gasteiger partial charge in [-0.05, 0) is 43.3 Å². The van der Waals surface area contributed by atoms with Crippen LogP contribution in [-0.2, 0) is 11.3 Å². The summed E-state index contributed by atoms with van der Waals surface area (Å²) >= 11 is 1.47. The van der Waals surface area contributed by atoms with Crippen LogP contribution in [0.4, 0.5) is 5.69 Å². The van der Waals surface area contributed by atoms with Crippen LogP contribution in [0, 0.1) is 0 Å². The summed E-state index contributed by atoms with van der Waals surface area (Å²) in [6.07, 6.45) is 0. The summed E-state index contributed by atoms with van der Waals surface area (Å²) in [5, 5.41) is 0. The second-order valence-electron chi connectivity index (χ2n) is 6.40. The van der Waals surface area contributed by atoms with E-state index in [0.717, 1.165) is 21.7 Å². The van der Waals surface area contributed by atoms with Gasteiger partial charge in [0.2, 0.25) is 0 Å². The number of hydrogen-bond donors (Lipinski definition) is 0. The van der Waals surface area contributed by atoms with Gasteiger partial charge in [-0.15, -0.1) is 0 Å². The number of fused-ring (bicyclic) bond motifs is 1. The number of anilines is 1. The van der Waals surface area contributed by atoms with Crippen molar-refractivity contribution in [3.8, 4) is 5.75 Å². The van der Waals surface area contributed by atoms with Crippen LogP contribution >= 0.6 is 11.3 Å². The third-order valence-corrected chi connectivity index (χ3v) is 5.42. The van der Waals surface area contributed by atoms with Crippen molar-refractivity contribution in [1.82, 2.24) is 4.57 Å². The maximum atomic E-state index is 12.8. The molecule has 0 saturated heterocycles. The molecular weight excluding hydrogens is 374 g/mol. The zero-order valence-electron chi connectivity index (χ0n) is 16.6. The number of thiazole rings is 1. The lowest BCUT2D eigenvalue weighted by atomic mass is 10.2. The smallest absolute Gasteiger partial charge is 0.279 e. The quantitative estimate of drug-likeness (QED) is 0.570. The van der Waals surface area contributed by atoms with E-state index in [-0.39, 0.29) is 5.91 Å². The van der Waals surface area contributed by atoms with Crippen molar-refractivity contribution < 1.29 is 14.3 Å². The largest absolute Gasteiger partial charge is 0.495 e. The van der Waals surface area contributed by atoms with Crippen LogP contribution in [0.25, 0.3) is 10.2 Å². The van der Waals surface area contributed by atoms with Gasteiger partial charge in [0.05, 0.1) is 18.4 Å². The number of rotatable bonds is 7. The molecule has 148 valence electrons. The monoisotopic (exact) mass is 399 g/mol. The highest BCUT2D eigenvalue weighted by molar-refractivity contribution is 7.16. The molecule has 2 aromatic carbocycles. The molecule has 3 aromatic rings. The van der Waals surface area contributed by atoms with Gasteiger partial charge in [0, 0.05) is 38.5 Å². The number of benzene rings is 2. The van der Waals surface area contributed by atoms with Crippen molar-refractivity contribution in [1.29, 1.82) is 0 Å². The average molecular weight is 400 g/mol. The predicted molar refractivity (Wildman–Crippen MR) is 114 cm³/mol. The third-order valence-electron chi connectivity index (χ3n) is 4.38. The van der Waals surface area contributed by atoms with Crippen molar-refractivity contribution >= 4 is 33.1 Å². The lowest BCUT2D eigenvalue weighted by Crippen LogP contribution is -2.20. The first kappa shape index (κ1) is 20.1. The number of methoxy groups -OCH3 is 1. The van der Waals surface area contributed by atoms with Crippen LogP contribution in [0.5, 0.6) is 5.75 Å². The van der Waals surface area contributed by atoms with Crippen molar-refractivity contribution in [2.24, 2.45) is 4.99 Å². The summed E-state index contributed by atoms with van der Waals surface area (Å²) in [5.74, 6) is 0.496. The highest BCUT2D eigenvalue weighted by Crippen LogP contribution is 2.27. The van der Waals surface area contributed by atoms with Crippen molar-refractivity contribution in [3.05, 3.63) is 52.8 Å². The minimum absolute atomic E-state index is 0.263. The molecule has 0 unspecified atom stereocenters. The fourth-order valence-corrected chi connectivity index (χ4v) is 3.98. The van der Waals surface area contributed by atoms with E-state index < -0.39 is 0 Å². The molecule has 3 rings (SSSR count). The zero-order valence-corrected chi connectivity index (χ0v) is 17.5. The minimum atomic E-state index is -0.263. The molecule has 0 aliphatic rings. The number of aromatic nitrogens is 1. The molecule has 1 heterocycles. The normalized spacial score (nSPS) is 11.8. The Morgan fingerprint density at radius 3 is 2.57 bits per heavy atom. The Bertz CT molecular complexity index is 1020. The van der Waals surface area contributed by atoms with Gasteiger partial charge in [-0.3, -0.25) is 4.79 Å². The number of hydrogen-bond acceptors (Lipinski definition) is 5. The van der Waals surface area contributed by atoms with E-state index in [2.05, 4.69) is 4.99 Å². The van der Waals surface area contributed by atoms with E-state index in [1.165, 1.54) is 11.3 Å². The fraction of sp³-hybridized carbons (Fsp3) is 0.333. The second kappa shape index (κ2) is 9.03. The molecule has 0 fully saturated rings. The third kappa shape index (κ3) is 4.26. The standard InChI is InChI=1S/C21H25N3O3S/c1-5-27-14-13-24-19-17(26-4)7-6-8-18(19)28-21(24)22-20(25)15-9-11-16(12-10-15)23(2)3/h6-12H,5,13-14H2,1-4H3. The summed E-state index contributed by atoms with van der Waals surface area (Å²) in [5.41, 5.74) is 2.53. The van der Waals surface area contributed by atoms with Gasteiger partial charge in [-0.25, -0.2) is 0 Å². The molecule has 0 radical (unpaired) electrons. The molecule has 6 nitrogen and oxygen atoms in total. The van der Waals surface area contributed by atoms with Crippen LogP contribution in [0.3, 0.4) is 0 Å². The van der Waals surface area contributed by atoms with Crippen molar-refractivity contribution in [3.63, 3.8) is 0 Å². The Kier molecular flexibility index (Phi) is 6.49. The first-order chi connectivity index (χ1) is 13.5. The maximum absolute atomic E-state index is 12.8. The molecule has 1 aromatic heterocycles. The van der Waals surface area contributed by atoms with Crippen molar-refractivity contribution in [2.75, 3.05) is 39.3 Å². The number of carbonyl (C=O) groups excluding carboxylic acids is 1. The highest BCUT2D eigenvalue weighted by Gasteiger charge is 2.13. The zero-order chi connectivity index (χ0) is 20.1. The van der Waals surface area contributed by atoms with Gasteiger partial charge >= 0.3 is 0 Å². The minimum Gasteiger partial charge on any atom is -0.495 e. The summed E-state index contributed by atoms with van der Waals surface area (Å²) in [6.45, 7) is 3.74. The van der Waals surface area contributed by atoms with Gasteiger partial charge in [0.1, 0.15) is 11.3 Å². The van der Waals surface area contributed by atoms with Crippen LogP contribution in [0.2, 0.25) is 0 Å². The lowest BCUT2D eigenvalue weighted by molar-refractivity contribution is 0.0996. The van der Waals surface area contributed by atoms with Crippen LogP contribution in [0.15, 0.2) is 47.5 Å². The van der Waals surface area contributed by atoms with E-state index in [9.17, 15) is 4.79 Å². The molecule has 28 heavy (non-hydrogen) atoms. The Morgan fingerprint density at radius 1 is 1.18 bits per heavy atom. The van der Waals surface area contributed by atoms with Crippen LogP contribution in [-0.4, -0.2) is 44.9 Å². The highest BCUT2D eigenvalue weighted by atomic mass is 32.1. The van der Waals surface area contributed by atoms with Crippen LogP contribution in [0.1, 0.15) is 17.3 Å². The number of nitrogens with zero attached hydrogens (tertiary/aromatic N) is 3. The molecule has 0 aliphatic heterocycles. The molecule has 7 heteroatoms. The van der Waals surface area contributed by atoms with Gasteiger partial charge in [-0.2, -0.15) is 4.99 Å². The molecule has 0 aliphatic carbocycles. The van der Waals surface area contributed by atoms with Gasteiger partial charge < -0.3 is 18.9 Å². The topological polar surface area (TPSA) is 56.1 Å². The second-order valence-corrected chi connectivity index (χ2v) is 7.41. The SMILES string of the molecule is CCOCCn1c(=NC(=O)c2ccc(N(C)C)cc2)sc2cccc(OC)c21. The first-order valence-electron chi connectivity index (χ1n) is 9.15. The Hall–Kier alpha value is -2.64. The predicted octanol–water partition coefficient (Wildman–Crippen LogP) is 3.56. The maximum Gasteiger partial charge on any atom is 0.279 e. The number of carbonyl (C=O) groups is 1. The van der Waals surface area contributed by atoms with Gasteiger partial charge in [0.25, 0.3) is 5.91 Å². The first-order valence-corrected chi connectivity index (χ1v) is 9.97. The Labute approximate surface area is 168 Å².